The van der Waals surface area contributed by atoms with E-state index in [-0.39, 0.29) is 21.4 Å². The van der Waals surface area contributed by atoms with Crippen molar-refractivity contribution in [2.75, 3.05) is 24.5 Å². The quantitative estimate of drug-likeness (QED) is 0.504. The van der Waals surface area contributed by atoms with Gasteiger partial charge >= 0.3 is 5.97 Å². The molecule has 0 bridgehead atoms. The third-order valence-corrected chi connectivity index (χ3v) is 8.18. The Balaban J connectivity index is 1.99. The van der Waals surface area contributed by atoms with Crippen LogP contribution in [0, 0.1) is 18.3 Å². The second-order valence-corrected chi connectivity index (χ2v) is 11.3. The second kappa shape index (κ2) is 8.06. The summed E-state index contributed by atoms with van der Waals surface area (Å²) in [6.45, 7) is 14.4. The average Bonchev–Trinajstić information content (AvgIpc) is 2.74. The number of aliphatic carboxylic acids is 1. The zero-order chi connectivity index (χ0) is 25.2. The lowest BCUT2D eigenvalue weighted by atomic mass is 9.67. The zero-order valence-electron chi connectivity index (χ0n) is 20.7. The highest BCUT2D eigenvalue weighted by Crippen LogP contribution is 2.51. The van der Waals surface area contributed by atoms with Gasteiger partial charge in [-0.15, -0.1) is 0 Å². The van der Waals surface area contributed by atoms with Gasteiger partial charge in [-0.25, -0.2) is 0 Å². The number of rotatable bonds is 3. The molecule has 1 aromatic rings. The molecular formula is C27H31N3O3S. The lowest BCUT2D eigenvalue weighted by Crippen LogP contribution is -2.45. The third kappa shape index (κ3) is 3.65. The molecule has 4 rings (SSSR count). The molecule has 0 aromatic heterocycles. The maximum Gasteiger partial charge on any atom is 0.323 e. The van der Waals surface area contributed by atoms with E-state index in [1.807, 2.05) is 6.08 Å². The second-order valence-electron chi connectivity index (χ2n) is 10.9. The Hall–Kier alpha value is -2.98. The molecule has 178 valence electrons. The average molecular weight is 478 g/mol. The van der Waals surface area contributed by atoms with E-state index < -0.39 is 18.4 Å². The van der Waals surface area contributed by atoms with E-state index in [0.717, 1.165) is 42.0 Å². The maximum absolute atomic E-state index is 13.4. The van der Waals surface area contributed by atoms with E-state index in [1.54, 1.807) is 6.92 Å². The van der Waals surface area contributed by atoms with E-state index in [0.29, 0.717) is 11.1 Å². The van der Waals surface area contributed by atoms with Crippen LogP contribution >= 0.6 is 12.2 Å². The number of anilines is 1. The minimum absolute atomic E-state index is 0.00879. The van der Waals surface area contributed by atoms with Gasteiger partial charge in [0.1, 0.15) is 17.6 Å². The van der Waals surface area contributed by atoms with Crippen molar-refractivity contribution < 1.29 is 14.7 Å². The van der Waals surface area contributed by atoms with Crippen LogP contribution < -0.4 is 4.90 Å². The molecule has 0 unspecified atom stereocenters. The van der Waals surface area contributed by atoms with E-state index in [9.17, 15) is 20.0 Å². The molecule has 7 heteroatoms. The Bertz CT molecular complexity index is 1240. The molecule has 3 aliphatic rings. The summed E-state index contributed by atoms with van der Waals surface area (Å²) in [4.78, 5) is 28.3. The number of hydrogen-bond donors (Lipinski definition) is 1. The highest BCUT2D eigenvalue weighted by atomic mass is 32.1. The molecule has 0 fully saturated rings. The van der Waals surface area contributed by atoms with Gasteiger partial charge in [-0.3, -0.25) is 14.5 Å². The smallest absolute Gasteiger partial charge is 0.323 e. The Morgan fingerprint density at radius 3 is 2.41 bits per heavy atom. The Kier molecular flexibility index (Phi) is 5.72. The molecule has 3 heterocycles. The van der Waals surface area contributed by atoms with Crippen molar-refractivity contribution in [3.63, 3.8) is 0 Å². The van der Waals surface area contributed by atoms with E-state index in [2.05, 4.69) is 51.7 Å². The summed E-state index contributed by atoms with van der Waals surface area (Å²) in [6, 6.07) is 4.27. The molecule has 0 radical (unpaired) electrons. The van der Waals surface area contributed by atoms with Gasteiger partial charge in [0.15, 0.2) is 0 Å². The van der Waals surface area contributed by atoms with Crippen LogP contribution in [-0.2, 0) is 20.4 Å². The fraction of sp³-hybridized carbons (Fsp3) is 0.481. The summed E-state index contributed by atoms with van der Waals surface area (Å²) >= 11 is 5.29. The number of nitriles is 1. The number of carbonyl (C=O) groups is 2. The normalized spacial score (nSPS) is 22.1. The fourth-order valence-electron chi connectivity index (χ4n) is 5.60. The van der Waals surface area contributed by atoms with Crippen LogP contribution in [0.2, 0.25) is 0 Å². The van der Waals surface area contributed by atoms with E-state index >= 15 is 0 Å². The first-order chi connectivity index (χ1) is 15.8. The summed E-state index contributed by atoms with van der Waals surface area (Å²) < 4.78 is 0. The van der Waals surface area contributed by atoms with E-state index in [1.165, 1.54) is 16.8 Å². The van der Waals surface area contributed by atoms with Crippen LogP contribution in [0.3, 0.4) is 0 Å². The number of amides is 1. The monoisotopic (exact) mass is 477 g/mol. The first kappa shape index (κ1) is 24.2. The number of carboxylic acids is 1. The third-order valence-electron chi connectivity index (χ3n) is 7.75. The van der Waals surface area contributed by atoms with Crippen molar-refractivity contribution >= 4 is 40.8 Å². The molecule has 0 atom stereocenters. The molecule has 1 N–H and O–H groups in total. The minimum atomic E-state index is -1.18. The van der Waals surface area contributed by atoms with Gasteiger partial charge in [0, 0.05) is 24.4 Å². The largest absolute Gasteiger partial charge is 0.480 e. The molecule has 0 saturated carbocycles. The number of carbonyl (C=O) groups excluding carboxylic acids is 1. The summed E-state index contributed by atoms with van der Waals surface area (Å²) in [5, 5.41) is 19.0. The predicted molar refractivity (Wildman–Crippen MR) is 137 cm³/mol. The molecule has 3 aliphatic heterocycles. The molecule has 1 amide bonds. The van der Waals surface area contributed by atoms with Gasteiger partial charge in [-0.2, -0.15) is 5.26 Å². The van der Waals surface area contributed by atoms with Crippen molar-refractivity contribution in [2.24, 2.45) is 0 Å². The van der Waals surface area contributed by atoms with Crippen LogP contribution in [-0.4, -0.2) is 46.5 Å². The number of benzene rings is 1. The lowest BCUT2D eigenvalue weighted by molar-refractivity contribution is -0.140. The van der Waals surface area contributed by atoms with Crippen molar-refractivity contribution in [3.8, 4) is 6.07 Å². The van der Waals surface area contributed by atoms with Crippen molar-refractivity contribution in [1.29, 1.82) is 5.26 Å². The number of carboxylic acid groups (broad SMARTS) is 1. The molecule has 34 heavy (non-hydrogen) atoms. The Labute approximate surface area is 206 Å². The maximum atomic E-state index is 13.4. The Morgan fingerprint density at radius 2 is 1.82 bits per heavy atom. The van der Waals surface area contributed by atoms with E-state index in [4.69, 9.17) is 12.2 Å². The van der Waals surface area contributed by atoms with Crippen molar-refractivity contribution in [2.45, 2.75) is 65.2 Å². The van der Waals surface area contributed by atoms with Crippen LogP contribution in [0.15, 0.2) is 22.8 Å². The predicted octanol–water partition coefficient (Wildman–Crippen LogP) is 4.64. The summed E-state index contributed by atoms with van der Waals surface area (Å²) in [5.74, 6) is -1.65. The molecule has 6 nitrogen and oxygen atoms in total. The van der Waals surface area contributed by atoms with Gasteiger partial charge in [0.2, 0.25) is 0 Å². The lowest BCUT2D eigenvalue weighted by Gasteiger charge is -2.49. The first-order valence-electron chi connectivity index (χ1n) is 11.6. The molecule has 0 aliphatic carbocycles. The minimum Gasteiger partial charge on any atom is -0.480 e. The van der Waals surface area contributed by atoms with Crippen molar-refractivity contribution in [1.82, 2.24) is 4.90 Å². The SMILES string of the molecule is CC1=C(C#N)C(=S)N(CC(=O)O)C(=O)/C1=C\c1cc2c3c(c1C)C(C)(C)CCN3CCC2(C)C. The summed E-state index contributed by atoms with van der Waals surface area (Å²) in [7, 11) is 0. The molecule has 0 spiro atoms. The summed E-state index contributed by atoms with van der Waals surface area (Å²) in [5.41, 5.74) is 6.95. The fourth-order valence-corrected chi connectivity index (χ4v) is 5.95. The number of thiocarbonyl (C=S) groups is 1. The Morgan fingerprint density at radius 1 is 1.21 bits per heavy atom. The van der Waals surface area contributed by atoms with Crippen LogP contribution in [0.4, 0.5) is 5.69 Å². The molecular weight excluding hydrogens is 446 g/mol. The highest BCUT2D eigenvalue weighted by Gasteiger charge is 2.41. The first-order valence-corrected chi connectivity index (χ1v) is 12.1. The van der Waals surface area contributed by atoms with Crippen molar-refractivity contribution in [3.05, 3.63) is 45.0 Å². The molecule has 0 saturated heterocycles. The van der Waals surface area contributed by atoms with Gasteiger partial charge < -0.3 is 10.0 Å². The number of hydrogen-bond acceptors (Lipinski definition) is 5. The zero-order valence-corrected chi connectivity index (χ0v) is 21.5. The van der Waals surface area contributed by atoms with Crippen LogP contribution in [0.25, 0.3) is 6.08 Å². The summed E-state index contributed by atoms with van der Waals surface area (Å²) in [6.07, 6.45) is 3.94. The highest BCUT2D eigenvalue weighted by molar-refractivity contribution is 7.80. The van der Waals surface area contributed by atoms with Crippen LogP contribution in [0.5, 0.6) is 0 Å². The van der Waals surface area contributed by atoms with Gasteiger partial charge in [0.25, 0.3) is 5.91 Å². The van der Waals surface area contributed by atoms with Crippen LogP contribution in [0.1, 0.15) is 69.7 Å². The standard InChI is InChI=1S/C27H31N3O3S/c1-15-17(11-18-16(2)19(13-28)25(34)30(24(18)33)14-21(31)32)12-20-23-22(15)27(5,6)8-10-29(23)9-7-26(20,3)4/h11-12H,7-10,14H2,1-6H3,(H,31,32)/b18-11-. The topological polar surface area (TPSA) is 84.6 Å². The molecule has 1 aromatic carbocycles. The van der Waals surface area contributed by atoms with Gasteiger partial charge in [-0.1, -0.05) is 39.9 Å². The number of nitrogens with zero attached hydrogens (tertiary/aromatic N) is 3. The van der Waals surface area contributed by atoms with Gasteiger partial charge in [0.05, 0.1) is 5.57 Å². The van der Waals surface area contributed by atoms with Gasteiger partial charge in [-0.05, 0) is 77.5 Å².